The Kier molecular flexibility index (Phi) is 4.90. The van der Waals surface area contributed by atoms with Gasteiger partial charge in [0.2, 0.25) is 0 Å². The van der Waals surface area contributed by atoms with Crippen LogP contribution in [0.2, 0.25) is 0 Å². The highest BCUT2D eigenvalue weighted by Crippen LogP contribution is 2.65. The molecule has 0 spiro atoms. The lowest BCUT2D eigenvalue weighted by atomic mass is 9.47. The minimum Gasteiger partial charge on any atom is -0.299 e. The van der Waals surface area contributed by atoms with E-state index in [1.165, 1.54) is 18.4 Å². The number of Topliss-reactive ketones (excluding diaryl/α,β-unsaturated/α-hetero) is 1. The molecule has 138 valence electrons. The maximum Gasteiger partial charge on any atom is 0.155 e. The van der Waals surface area contributed by atoms with E-state index in [9.17, 15) is 9.59 Å². The van der Waals surface area contributed by atoms with E-state index in [2.05, 4.69) is 13.8 Å². The molecule has 0 aromatic carbocycles. The molecule has 0 aromatic rings. The van der Waals surface area contributed by atoms with Crippen molar-refractivity contribution in [3.63, 3.8) is 0 Å². The predicted molar refractivity (Wildman–Crippen MR) is 107 cm³/mol. The van der Waals surface area contributed by atoms with E-state index < -0.39 is 0 Å². The molecular weight excluding hydrogens is 348 g/mol. The van der Waals surface area contributed by atoms with Gasteiger partial charge in [-0.05, 0) is 62.4 Å². The van der Waals surface area contributed by atoms with Crippen LogP contribution in [-0.2, 0) is 9.59 Å². The normalized spacial score (nSPS) is 43.3. The van der Waals surface area contributed by atoms with Gasteiger partial charge in [0, 0.05) is 35.2 Å². The second-order valence-corrected chi connectivity index (χ2v) is 11.5. The quantitative estimate of drug-likeness (QED) is 0.480. The van der Waals surface area contributed by atoms with Crippen molar-refractivity contribution in [3.05, 3.63) is 11.6 Å². The number of hydrogen-bond donors (Lipinski definition) is 0. The Morgan fingerprint density at radius 1 is 1.04 bits per heavy atom. The summed E-state index contributed by atoms with van der Waals surface area (Å²) in [4.78, 5) is 24.7. The lowest BCUT2D eigenvalue weighted by Gasteiger charge is -2.58. The summed E-state index contributed by atoms with van der Waals surface area (Å²) in [6.45, 7) is 4.48. The van der Waals surface area contributed by atoms with Gasteiger partial charge in [0.1, 0.15) is 5.78 Å². The maximum absolute atomic E-state index is 12.6. The van der Waals surface area contributed by atoms with Gasteiger partial charge in [-0.15, -0.1) is 0 Å². The molecule has 4 heteroatoms. The summed E-state index contributed by atoms with van der Waals surface area (Å²) in [5.74, 6) is 5.15. The van der Waals surface area contributed by atoms with Gasteiger partial charge in [-0.3, -0.25) is 9.59 Å². The van der Waals surface area contributed by atoms with Gasteiger partial charge in [-0.25, -0.2) is 0 Å². The van der Waals surface area contributed by atoms with Gasteiger partial charge in [0.05, 0.1) is 0 Å². The fraction of sp³-hybridized carbons (Fsp3) is 0.810. The zero-order valence-corrected chi connectivity index (χ0v) is 17.1. The van der Waals surface area contributed by atoms with Crippen LogP contribution in [0.25, 0.3) is 0 Å². The zero-order chi connectivity index (χ0) is 17.7. The molecule has 2 nitrogen and oxygen atoms in total. The van der Waals surface area contributed by atoms with E-state index in [-0.39, 0.29) is 10.8 Å². The van der Waals surface area contributed by atoms with Crippen LogP contribution in [-0.4, -0.2) is 23.1 Å². The molecule has 0 aromatic heterocycles. The minimum absolute atomic E-state index is 0.0423. The van der Waals surface area contributed by atoms with E-state index in [4.69, 9.17) is 0 Å². The molecule has 3 saturated carbocycles. The second-order valence-electron chi connectivity index (χ2n) is 8.79. The van der Waals surface area contributed by atoms with E-state index in [0.717, 1.165) is 50.0 Å². The maximum atomic E-state index is 12.6. The van der Waals surface area contributed by atoms with Crippen LogP contribution >= 0.6 is 21.6 Å². The largest absolute Gasteiger partial charge is 0.299 e. The Morgan fingerprint density at radius 3 is 2.68 bits per heavy atom. The number of carbonyl (C=O) groups excluding carboxylic acids is 2. The first kappa shape index (κ1) is 18.2. The minimum atomic E-state index is -0.0423. The summed E-state index contributed by atoms with van der Waals surface area (Å²) in [5, 5.41) is 0. The molecule has 4 aliphatic carbocycles. The fourth-order valence-electron chi connectivity index (χ4n) is 6.63. The number of rotatable bonds is 4. The summed E-state index contributed by atoms with van der Waals surface area (Å²) in [6.07, 6.45) is 10.3. The van der Waals surface area contributed by atoms with E-state index in [0.29, 0.717) is 29.3 Å². The Bertz CT molecular complexity index is 613. The van der Waals surface area contributed by atoms with Crippen LogP contribution < -0.4 is 0 Å². The average molecular weight is 379 g/mol. The molecule has 0 radical (unpaired) electrons. The lowest BCUT2D eigenvalue weighted by molar-refractivity contribution is -0.132. The molecule has 5 atom stereocenters. The molecule has 0 bridgehead atoms. The number of carbonyl (C=O) groups is 2. The molecular formula is C21H30O2S2. The summed E-state index contributed by atoms with van der Waals surface area (Å²) < 4.78 is 0. The topological polar surface area (TPSA) is 34.1 Å². The highest BCUT2D eigenvalue weighted by Gasteiger charge is 2.60. The highest BCUT2D eigenvalue weighted by molar-refractivity contribution is 8.76. The Hall–Kier alpha value is -0.220. The van der Waals surface area contributed by atoms with Crippen molar-refractivity contribution >= 4 is 33.2 Å². The lowest BCUT2D eigenvalue weighted by Crippen LogP contribution is -2.52. The van der Waals surface area contributed by atoms with Gasteiger partial charge < -0.3 is 0 Å². The number of hydrogen-bond acceptors (Lipinski definition) is 4. The highest BCUT2D eigenvalue weighted by atomic mass is 33.1. The van der Waals surface area contributed by atoms with Gasteiger partial charge in [-0.1, -0.05) is 41.0 Å². The first-order chi connectivity index (χ1) is 12.0. The predicted octanol–water partition coefficient (Wildman–Crippen LogP) is 5.47. The van der Waals surface area contributed by atoms with Crippen molar-refractivity contribution in [2.75, 3.05) is 11.5 Å². The van der Waals surface area contributed by atoms with Gasteiger partial charge in [-0.2, -0.15) is 0 Å². The van der Waals surface area contributed by atoms with E-state index >= 15 is 0 Å². The molecule has 0 aliphatic heterocycles. The Balaban J connectivity index is 1.67. The van der Waals surface area contributed by atoms with Crippen LogP contribution in [0, 0.1) is 28.6 Å². The number of ketones is 2. The molecule has 0 amide bonds. The number of allylic oxidation sites excluding steroid dienone is 1. The molecule has 0 N–H and O–H groups in total. The van der Waals surface area contributed by atoms with Gasteiger partial charge in [0.15, 0.2) is 5.78 Å². The Morgan fingerprint density at radius 2 is 1.88 bits per heavy atom. The average Bonchev–Trinajstić information content (AvgIpc) is 2.91. The summed E-state index contributed by atoms with van der Waals surface area (Å²) in [6, 6.07) is 0. The SMILES string of the molecule is CCSSCC12CCC(=O)C=C1CCC1C3CCC(=O)C3(C)CCC12. The monoisotopic (exact) mass is 378 g/mol. The molecule has 25 heavy (non-hydrogen) atoms. The third-order valence-electron chi connectivity index (χ3n) is 7.91. The number of fused-ring (bicyclic) bond motifs is 5. The fourth-order valence-corrected chi connectivity index (χ4v) is 9.02. The molecule has 0 heterocycles. The molecule has 4 rings (SSSR count). The second kappa shape index (κ2) is 6.74. The first-order valence-electron chi connectivity index (χ1n) is 10.0. The van der Waals surface area contributed by atoms with Crippen molar-refractivity contribution in [2.45, 2.75) is 65.2 Å². The van der Waals surface area contributed by atoms with Crippen LogP contribution in [0.3, 0.4) is 0 Å². The van der Waals surface area contributed by atoms with Crippen molar-refractivity contribution < 1.29 is 9.59 Å². The van der Waals surface area contributed by atoms with Crippen molar-refractivity contribution in [1.29, 1.82) is 0 Å². The van der Waals surface area contributed by atoms with Crippen LogP contribution in [0.5, 0.6) is 0 Å². The molecule has 3 fully saturated rings. The van der Waals surface area contributed by atoms with Gasteiger partial charge in [0.25, 0.3) is 0 Å². The van der Waals surface area contributed by atoms with Crippen molar-refractivity contribution in [1.82, 2.24) is 0 Å². The molecule has 5 unspecified atom stereocenters. The van der Waals surface area contributed by atoms with Crippen LogP contribution in [0.1, 0.15) is 65.2 Å². The summed E-state index contributed by atoms with van der Waals surface area (Å²) >= 11 is 0. The zero-order valence-electron chi connectivity index (χ0n) is 15.5. The van der Waals surface area contributed by atoms with Crippen molar-refractivity contribution in [3.8, 4) is 0 Å². The summed E-state index contributed by atoms with van der Waals surface area (Å²) in [5.41, 5.74) is 1.65. The first-order valence-corrected chi connectivity index (χ1v) is 12.5. The Labute approximate surface area is 159 Å². The molecule has 0 saturated heterocycles. The van der Waals surface area contributed by atoms with Crippen LogP contribution in [0.15, 0.2) is 11.6 Å². The van der Waals surface area contributed by atoms with E-state index in [1.54, 1.807) is 0 Å². The van der Waals surface area contributed by atoms with Crippen LogP contribution in [0.4, 0.5) is 0 Å². The third-order valence-corrected chi connectivity index (χ3v) is 10.5. The molecule has 4 aliphatic rings. The van der Waals surface area contributed by atoms with Gasteiger partial charge >= 0.3 is 0 Å². The third kappa shape index (κ3) is 2.77. The standard InChI is InChI=1S/C21H30O2S2/c1-3-24-25-13-21-11-8-15(22)12-14(21)4-5-16-17-6-7-19(23)20(17,2)10-9-18(16)21/h12,16-18H,3-11,13H2,1-2H3. The summed E-state index contributed by atoms with van der Waals surface area (Å²) in [7, 11) is 3.98. The smallest absolute Gasteiger partial charge is 0.155 e. The van der Waals surface area contributed by atoms with Crippen molar-refractivity contribution in [2.24, 2.45) is 28.6 Å². The van der Waals surface area contributed by atoms with E-state index in [1.807, 2.05) is 27.7 Å².